The lowest BCUT2D eigenvalue weighted by Crippen LogP contribution is -2.33. The molecule has 136 valence electrons. The van der Waals surface area contributed by atoms with Crippen molar-refractivity contribution >= 4 is 22.7 Å². The lowest BCUT2D eigenvalue weighted by Gasteiger charge is -2.06. The molecule has 10 heteroatoms. The number of nitrogens with zero attached hydrogens (tertiary/aromatic N) is 3. The predicted molar refractivity (Wildman–Crippen MR) is 95.0 cm³/mol. The highest BCUT2D eigenvalue weighted by Crippen LogP contribution is 2.35. The van der Waals surface area contributed by atoms with Crippen LogP contribution in [0.15, 0.2) is 50.5 Å². The molecule has 0 amide bonds. The summed E-state index contributed by atoms with van der Waals surface area (Å²) >= 11 is 6.09. The van der Waals surface area contributed by atoms with Gasteiger partial charge in [-0.1, -0.05) is 11.6 Å². The van der Waals surface area contributed by atoms with Crippen LogP contribution >= 0.6 is 11.6 Å². The topological polar surface area (TPSA) is 103 Å². The van der Waals surface area contributed by atoms with Gasteiger partial charge in [0.25, 0.3) is 0 Å². The highest BCUT2D eigenvalue weighted by Gasteiger charge is 2.19. The Morgan fingerprint density at radius 3 is 2.81 bits per heavy atom. The second-order valence-corrected chi connectivity index (χ2v) is 5.88. The molecular weight excluding hydrogens is 379 g/mol. The average Bonchev–Trinajstić information content (AvgIpc) is 3.06. The van der Waals surface area contributed by atoms with Gasteiger partial charge in [-0.2, -0.15) is 5.10 Å². The predicted octanol–water partition coefficient (Wildman–Crippen LogP) is 2.53. The number of hydrogen-bond donors (Lipinski definition) is 1. The molecule has 0 saturated carbocycles. The number of H-pyrrole nitrogens is 1. The van der Waals surface area contributed by atoms with E-state index in [0.717, 1.165) is 10.6 Å². The van der Waals surface area contributed by atoms with Crippen molar-refractivity contribution in [3.8, 4) is 22.9 Å². The molecule has 0 atom stereocenters. The summed E-state index contributed by atoms with van der Waals surface area (Å²) in [4.78, 5) is 27.6. The first kappa shape index (κ1) is 17.0. The number of hydrogen-bond acceptors (Lipinski definition) is 6. The molecule has 1 N–H and O–H groups in total. The summed E-state index contributed by atoms with van der Waals surface area (Å²) in [6.45, 7) is 0. The Morgan fingerprint density at radius 1 is 1.30 bits per heavy atom. The molecule has 0 bridgehead atoms. The maximum Gasteiger partial charge on any atom is 0.334 e. The number of nitrogens with one attached hydrogen (secondary N) is 1. The third-order valence-corrected chi connectivity index (χ3v) is 4.18. The van der Waals surface area contributed by atoms with Crippen LogP contribution < -0.4 is 16.0 Å². The summed E-state index contributed by atoms with van der Waals surface area (Å²) in [5.41, 5.74) is -1.07. The molecule has 0 radical (unpaired) electrons. The summed E-state index contributed by atoms with van der Waals surface area (Å²) < 4.78 is 25.1. The minimum absolute atomic E-state index is 0.0414. The summed E-state index contributed by atoms with van der Waals surface area (Å²) in [5.74, 6) is -0.468. The minimum atomic E-state index is -0.717. The number of fused-ring (bicyclic) bond motifs is 1. The Balaban J connectivity index is 1.96. The highest BCUT2D eigenvalue weighted by atomic mass is 35.5. The molecule has 3 aromatic heterocycles. The average molecular weight is 389 g/mol. The van der Waals surface area contributed by atoms with Crippen molar-refractivity contribution in [3.63, 3.8) is 0 Å². The van der Waals surface area contributed by atoms with Crippen LogP contribution in [-0.2, 0) is 0 Å². The number of halogens is 2. The minimum Gasteiger partial charge on any atom is -0.494 e. The van der Waals surface area contributed by atoms with Crippen LogP contribution in [0.1, 0.15) is 0 Å². The van der Waals surface area contributed by atoms with Gasteiger partial charge < -0.3 is 14.1 Å². The van der Waals surface area contributed by atoms with E-state index in [1.54, 1.807) is 0 Å². The first-order chi connectivity index (χ1) is 13.0. The quantitative estimate of drug-likeness (QED) is 0.578. The fraction of sp³-hybridized carbons (Fsp3) is 0.0588. The van der Waals surface area contributed by atoms with Crippen LogP contribution in [0.4, 0.5) is 4.39 Å². The molecule has 8 nitrogen and oxygen atoms in total. The SMILES string of the molecule is COc1cc(-c2cc3[nH]c(=O)n(-c4cccnn4)c(=O)c3o2)c(Cl)cc1F. The normalized spacial score (nSPS) is 11.1. The molecule has 0 fully saturated rings. The van der Waals surface area contributed by atoms with E-state index in [9.17, 15) is 14.0 Å². The second kappa shape index (κ2) is 6.36. The Hall–Kier alpha value is -3.46. The molecule has 0 aliphatic heterocycles. The van der Waals surface area contributed by atoms with Crippen molar-refractivity contribution < 1.29 is 13.5 Å². The summed E-state index contributed by atoms with van der Waals surface area (Å²) in [5, 5.41) is 7.48. The Bertz CT molecular complexity index is 1280. The number of furan rings is 1. The van der Waals surface area contributed by atoms with Gasteiger partial charge in [0.05, 0.1) is 17.6 Å². The molecular formula is C17H10ClFN4O4. The van der Waals surface area contributed by atoms with E-state index < -0.39 is 17.1 Å². The molecule has 1 aromatic carbocycles. The van der Waals surface area contributed by atoms with E-state index in [1.165, 1.54) is 37.6 Å². The van der Waals surface area contributed by atoms with Gasteiger partial charge in [0.15, 0.2) is 17.4 Å². The van der Waals surface area contributed by atoms with Gasteiger partial charge in [0.1, 0.15) is 5.76 Å². The maximum atomic E-state index is 13.8. The van der Waals surface area contributed by atoms with E-state index in [-0.39, 0.29) is 33.4 Å². The number of aromatic amines is 1. The van der Waals surface area contributed by atoms with E-state index >= 15 is 0 Å². The van der Waals surface area contributed by atoms with Crippen LogP contribution in [0, 0.1) is 5.82 Å². The number of rotatable bonds is 3. The van der Waals surface area contributed by atoms with E-state index in [1.807, 2.05) is 0 Å². The van der Waals surface area contributed by atoms with Gasteiger partial charge >= 0.3 is 11.2 Å². The lowest BCUT2D eigenvalue weighted by molar-refractivity contribution is 0.386. The van der Waals surface area contributed by atoms with E-state index in [4.69, 9.17) is 20.8 Å². The molecule has 4 rings (SSSR count). The molecule has 0 aliphatic rings. The lowest BCUT2D eigenvalue weighted by atomic mass is 10.1. The largest absolute Gasteiger partial charge is 0.494 e. The Labute approximate surface area is 154 Å². The van der Waals surface area contributed by atoms with Crippen molar-refractivity contribution in [1.82, 2.24) is 19.7 Å². The van der Waals surface area contributed by atoms with Crippen molar-refractivity contribution in [1.29, 1.82) is 0 Å². The first-order valence-electron chi connectivity index (χ1n) is 7.60. The van der Waals surface area contributed by atoms with Gasteiger partial charge in [-0.15, -0.1) is 5.10 Å². The number of benzene rings is 1. The van der Waals surface area contributed by atoms with Gasteiger partial charge in [0.2, 0.25) is 5.58 Å². The first-order valence-corrected chi connectivity index (χ1v) is 7.97. The molecule has 0 saturated heterocycles. The van der Waals surface area contributed by atoms with Crippen LogP contribution in [0.2, 0.25) is 5.02 Å². The maximum absolute atomic E-state index is 13.8. The molecule has 0 aliphatic carbocycles. The zero-order valence-corrected chi connectivity index (χ0v) is 14.5. The number of aromatic nitrogens is 4. The number of ether oxygens (including phenoxy) is 1. The Kier molecular flexibility index (Phi) is 4.00. The molecule has 0 unspecified atom stereocenters. The zero-order valence-electron chi connectivity index (χ0n) is 13.7. The summed E-state index contributed by atoms with van der Waals surface area (Å²) in [6.07, 6.45) is 1.41. The number of methoxy groups -OCH3 is 1. The van der Waals surface area contributed by atoms with Gasteiger partial charge in [0, 0.05) is 17.8 Å². The van der Waals surface area contributed by atoms with Crippen molar-refractivity contribution in [2.75, 3.05) is 7.11 Å². The highest BCUT2D eigenvalue weighted by molar-refractivity contribution is 6.33. The molecule has 0 spiro atoms. The molecule has 3 heterocycles. The van der Waals surface area contributed by atoms with Gasteiger partial charge in [-0.3, -0.25) is 4.79 Å². The van der Waals surface area contributed by atoms with Gasteiger partial charge in [-0.05, 0) is 24.3 Å². The third kappa shape index (κ3) is 2.77. The fourth-order valence-corrected chi connectivity index (χ4v) is 2.88. The third-order valence-electron chi connectivity index (χ3n) is 3.87. The molecule has 27 heavy (non-hydrogen) atoms. The standard InChI is InChI=1S/C17H10ClFN4O4/c1-26-13-5-8(9(18)6-10(13)19)12-7-11-15(27-12)16(24)23(17(25)21-11)14-3-2-4-20-22-14/h2-7H,1H3,(H,21,25). The van der Waals surface area contributed by atoms with Gasteiger partial charge in [-0.25, -0.2) is 13.8 Å². The van der Waals surface area contributed by atoms with Crippen molar-refractivity contribution in [2.45, 2.75) is 0 Å². The second-order valence-electron chi connectivity index (χ2n) is 5.47. The summed E-state index contributed by atoms with van der Waals surface area (Å²) in [7, 11) is 1.31. The fourth-order valence-electron chi connectivity index (χ4n) is 2.64. The Morgan fingerprint density at radius 2 is 2.11 bits per heavy atom. The van der Waals surface area contributed by atoms with Crippen LogP contribution in [0.5, 0.6) is 5.75 Å². The van der Waals surface area contributed by atoms with Crippen molar-refractivity contribution in [3.05, 3.63) is 68.2 Å². The van der Waals surface area contributed by atoms with E-state index in [2.05, 4.69) is 15.2 Å². The molecule has 4 aromatic rings. The monoisotopic (exact) mass is 388 g/mol. The van der Waals surface area contributed by atoms with Crippen LogP contribution in [-0.4, -0.2) is 26.9 Å². The zero-order chi connectivity index (χ0) is 19.1. The smallest absolute Gasteiger partial charge is 0.334 e. The van der Waals surface area contributed by atoms with E-state index in [0.29, 0.717) is 5.56 Å². The van der Waals surface area contributed by atoms with Crippen molar-refractivity contribution in [2.24, 2.45) is 0 Å². The summed E-state index contributed by atoms with van der Waals surface area (Å²) in [6, 6.07) is 6.84. The van der Waals surface area contributed by atoms with Crippen LogP contribution in [0.25, 0.3) is 28.2 Å². The van der Waals surface area contributed by atoms with Crippen LogP contribution in [0.3, 0.4) is 0 Å².